The summed E-state index contributed by atoms with van der Waals surface area (Å²) in [7, 11) is 1.63. The molecule has 3 nitrogen and oxygen atoms in total. The first-order valence-electron chi connectivity index (χ1n) is 6.25. The molecule has 1 N–H and O–H groups in total. The third-order valence-electron chi connectivity index (χ3n) is 2.99. The zero-order chi connectivity index (χ0) is 14.4. The van der Waals surface area contributed by atoms with Crippen molar-refractivity contribution >= 4 is 0 Å². The predicted octanol–water partition coefficient (Wildman–Crippen LogP) is 3.00. The lowest BCUT2D eigenvalue weighted by Gasteiger charge is -2.07. The number of hydrogen-bond donors (Lipinski definition) is 1. The summed E-state index contributed by atoms with van der Waals surface area (Å²) in [5.41, 5.74) is 2.26. The average Bonchev–Trinajstić information content (AvgIpc) is 2.48. The minimum atomic E-state index is -0.328. The van der Waals surface area contributed by atoms with Crippen molar-refractivity contribution in [3.63, 3.8) is 0 Å². The number of nitrogens with zero attached hydrogens (tertiary/aromatic N) is 1. The number of benzene rings is 2. The second-order valence-electron chi connectivity index (χ2n) is 4.36. The van der Waals surface area contributed by atoms with Crippen LogP contribution in [0, 0.1) is 17.1 Å². The lowest BCUT2D eigenvalue weighted by Crippen LogP contribution is -2.13. The van der Waals surface area contributed by atoms with Crippen LogP contribution in [0.1, 0.15) is 16.7 Å². The topological polar surface area (TPSA) is 45.0 Å². The van der Waals surface area contributed by atoms with E-state index in [1.54, 1.807) is 7.11 Å². The van der Waals surface area contributed by atoms with E-state index in [-0.39, 0.29) is 5.82 Å². The molecule has 0 aliphatic heterocycles. The van der Waals surface area contributed by atoms with Crippen LogP contribution in [0.25, 0.3) is 0 Å². The van der Waals surface area contributed by atoms with Gasteiger partial charge in [0, 0.05) is 13.1 Å². The summed E-state index contributed by atoms with van der Waals surface area (Å²) in [4.78, 5) is 0. The highest BCUT2D eigenvalue weighted by Gasteiger charge is 2.03. The van der Waals surface area contributed by atoms with Gasteiger partial charge in [-0.2, -0.15) is 5.26 Å². The number of hydrogen-bond acceptors (Lipinski definition) is 3. The monoisotopic (exact) mass is 270 g/mol. The molecule has 0 bridgehead atoms. The van der Waals surface area contributed by atoms with E-state index in [0.717, 1.165) is 11.3 Å². The third kappa shape index (κ3) is 3.56. The van der Waals surface area contributed by atoms with Gasteiger partial charge >= 0.3 is 0 Å². The van der Waals surface area contributed by atoms with Gasteiger partial charge in [0.05, 0.1) is 18.7 Å². The van der Waals surface area contributed by atoms with E-state index >= 15 is 0 Å². The molecule has 0 amide bonds. The van der Waals surface area contributed by atoms with Crippen LogP contribution in [0.4, 0.5) is 4.39 Å². The van der Waals surface area contributed by atoms with Crippen molar-refractivity contribution in [2.24, 2.45) is 0 Å². The fraction of sp³-hybridized carbons (Fsp3) is 0.188. The van der Waals surface area contributed by atoms with Crippen molar-refractivity contribution in [2.75, 3.05) is 7.11 Å². The summed E-state index contributed by atoms with van der Waals surface area (Å²) in [6.45, 7) is 1.10. The molecule has 4 heteroatoms. The van der Waals surface area contributed by atoms with E-state index in [0.29, 0.717) is 24.2 Å². The number of halogens is 1. The van der Waals surface area contributed by atoms with Gasteiger partial charge in [-0.15, -0.1) is 0 Å². The summed E-state index contributed by atoms with van der Waals surface area (Å²) < 4.78 is 18.3. The van der Waals surface area contributed by atoms with E-state index in [4.69, 9.17) is 10.00 Å². The van der Waals surface area contributed by atoms with Gasteiger partial charge in [0.25, 0.3) is 0 Å². The van der Waals surface area contributed by atoms with Gasteiger partial charge in [-0.05, 0) is 41.5 Å². The van der Waals surface area contributed by atoms with Crippen molar-refractivity contribution in [1.82, 2.24) is 5.32 Å². The fourth-order valence-electron chi connectivity index (χ4n) is 1.90. The van der Waals surface area contributed by atoms with Crippen LogP contribution in [0.2, 0.25) is 0 Å². The highest BCUT2D eigenvalue weighted by molar-refractivity contribution is 5.37. The fourth-order valence-corrected chi connectivity index (χ4v) is 1.90. The van der Waals surface area contributed by atoms with Gasteiger partial charge in [-0.25, -0.2) is 4.39 Å². The van der Waals surface area contributed by atoms with Crippen LogP contribution >= 0.6 is 0 Å². The van der Waals surface area contributed by atoms with E-state index < -0.39 is 0 Å². The first kappa shape index (κ1) is 14.0. The summed E-state index contributed by atoms with van der Waals surface area (Å²) in [6, 6.07) is 13.9. The maximum Gasteiger partial charge on any atom is 0.123 e. The summed E-state index contributed by atoms with van der Waals surface area (Å²) in [5, 5.41) is 12.2. The normalized spacial score (nSPS) is 10.1. The molecule has 0 aliphatic carbocycles. The first-order chi connectivity index (χ1) is 9.72. The van der Waals surface area contributed by atoms with Crippen molar-refractivity contribution < 1.29 is 9.13 Å². The van der Waals surface area contributed by atoms with Crippen LogP contribution < -0.4 is 10.1 Å². The summed E-state index contributed by atoms with van der Waals surface area (Å²) in [5.74, 6) is 0.482. The van der Waals surface area contributed by atoms with Gasteiger partial charge in [0.15, 0.2) is 0 Å². The summed E-state index contributed by atoms with van der Waals surface area (Å²) in [6.07, 6.45) is 0. The number of ether oxygens (including phenoxy) is 1. The quantitative estimate of drug-likeness (QED) is 0.908. The van der Waals surface area contributed by atoms with Crippen LogP contribution in [0.15, 0.2) is 42.5 Å². The molecule has 0 saturated heterocycles. The molecule has 20 heavy (non-hydrogen) atoms. The molecular weight excluding hydrogens is 255 g/mol. The van der Waals surface area contributed by atoms with Crippen molar-refractivity contribution in [2.45, 2.75) is 13.1 Å². The van der Waals surface area contributed by atoms with Gasteiger partial charge in [0.1, 0.15) is 11.6 Å². The predicted molar refractivity (Wildman–Crippen MR) is 74.7 cm³/mol. The van der Waals surface area contributed by atoms with Crippen molar-refractivity contribution in [3.05, 3.63) is 65.0 Å². The molecule has 2 rings (SSSR count). The molecule has 2 aromatic carbocycles. The summed E-state index contributed by atoms with van der Waals surface area (Å²) >= 11 is 0. The molecule has 2 aromatic rings. The lowest BCUT2D eigenvalue weighted by molar-refractivity contribution is 0.414. The SMILES string of the molecule is COc1ccc(CNCc2cc(F)ccc2C#N)cc1. The van der Waals surface area contributed by atoms with Gasteiger partial charge in [0.2, 0.25) is 0 Å². The smallest absolute Gasteiger partial charge is 0.123 e. The van der Waals surface area contributed by atoms with Gasteiger partial charge in [-0.3, -0.25) is 0 Å². The Morgan fingerprint density at radius 2 is 1.90 bits per heavy atom. The third-order valence-corrected chi connectivity index (χ3v) is 2.99. The first-order valence-corrected chi connectivity index (χ1v) is 6.25. The molecule has 0 fully saturated rings. The number of nitrogens with one attached hydrogen (secondary N) is 1. The Hall–Kier alpha value is -2.38. The molecule has 0 unspecified atom stereocenters. The van der Waals surface area contributed by atoms with E-state index in [1.807, 2.05) is 24.3 Å². The van der Waals surface area contributed by atoms with Crippen molar-refractivity contribution in [3.8, 4) is 11.8 Å². The Morgan fingerprint density at radius 3 is 2.55 bits per heavy atom. The van der Waals surface area contributed by atoms with Crippen LogP contribution in [0.3, 0.4) is 0 Å². The molecule has 0 aliphatic rings. The zero-order valence-electron chi connectivity index (χ0n) is 11.2. The van der Waals surface area contributed by atoms with Crippen LogP contribution in [-0.4, -0.2) is 7.11 Å². The molecule has 0 aromatic heterocycles. The van der Waals surface area contributed by atoms with Crippen LogP contribution in [0.5, 0.6) is 5.75 Å². The molecule has 0 heterocycles. The molecule has 0 spiro atoms. The Morgan fingerprint density at radius 1 is 1.15 bits per heavy atom. The average molecular weight is 270 g/mol. The Balaban J connectivity index is 1.95. The molecule has 0 atom stereocenters. The Kier molecular flexibility index (Phi) is 4.70. The largest absolute Gasteiger partial charge is 0.497 e. The molecule has 102 valence electrons. The minimum Gasteiger partial charge on any atom is -0.497 e. The van der Waals surface area contributed by atoms with Crippen LogP contribution in [-0.2, 0) is 13.1 Å². The number of nitriles is 1. The Bertz CT molecular complexity index is 617. The van der Waals surface area contributed by atoms with Crippen molar-refractivity contribution in [1.29, 1.82) is 5.26 Å². The number of rotatable bonds is 5. The maximum absolute atomic E-state index is 13.2. The zero-order valence-corrected chi connectivity index (χ0v) is 11.2. The van der Waals surface area contributed by atoms with Gasteiger partial charge < -0.3 is 10.1 Å². The van der Waals surface area contributed by atoms with E-state index in [2.05, 4.69) is 11.4 Å². The molecule has 0 radical (unpaired) electrons. The standard InChI is InChI=1S/C16H15FN2O/c1-20-16-6-2-12(3-7-16)10-19-11-14-8-15(17)5-4-13(14)9-18/h2-8,19H,10-11H2,1H3. The lowest BCUT2D eigenvalue weighted by atomic mass is 10.1. The minimum absolute atomic E-state index is 0.328. The Labute approximate surface area is 117 Å². The van der Waals surface area contributed by atoms with Gasteiger partial charge in [-0.1, -0.05) is 12.1 Å². The highest BCUT2D eigenvalue weighted by Crippen LogP contribution is 2.12. The van der Waals surface area contributed by atoms with E-state index in [9.17, 15) is 4.39 Å². The maximum atomic E-state index is 13.2. The second kappa shape index (κ2) is 6.69. The second-order valence-corrected chi connectivity index (χ2v) is 4.36. The highest BCUT2D eigenvalue weighted by atomic mass is 19.1. The molecular formula is C16H15FN2O. The molecule has 0 saturated carbocycles. The van der Waals surface area contributed by atoms with E-state index in [1.165, 1.54) is 18.2 Å². The number of methoxy groups -OCH3 is 1.